The number of benzene rings is 1. The Labute approximate surface area is 116 Å². The zero-order chi connectivity index (χ0) is 15.1. The lowest BCUT2D eigenvalue weighted by Gasteiger charge is -2.12. The molecule has 0 bridgehead atoms. The van der Waals surface area contributed by atoms with Gasteiger partial charge >= 0.3 is 12.0 Å². The van der Waals surface area contributed by atoms with Crippen molar-refractivity contribution in [3.63, 3.8) is 0 Å². The number of carbonyl (C=O) groups is 3. The van der Waals surface area contributed by atoms with E-state index in [0.29, 0.717) is 11.3 Å². The van der Waals surface area contributed by atoms with E-state index in [1.807, 2.05) is 0 Å². The van der Waals surface area contributed by atoms with Gasteiger partial charge in [-0.2, -0.15) is 0 Å². The summed E-state index contributed by atoms with van der Waals surface area (Å²) in [6, 6.07) is 4.41. The molecule has 1 rings (SSSR count). The minimum absolute atomic E-state index is 0.0824. The average Bonchev–Trinajstić information content (AvgIpc) is 2.38. The molecule has 1 atom stereocenters. The Bertz CT molecular complexity index is 558. The molecule has 1 unspecified atom stereocenters. The Balaban J connectivity index is 2.64. The fourth-order valence-corrected chi connectivity index (χ4v) is 1.43. The first-order valence-corrected chi connectivity index (χ1v) is 5.79. The molecule has 6 heteroatoms. The highest BCUT2D eigenvalue weighted by molar-refractivity contribution is 5.96. The van der Waals surface area contributed by atoms with Crippen LogP contribution in [0.25, 0.3) is 0 Å². The van der Waals surface area contributed by atoms with Gasteiger partial charge in [0.2, 0.25) is 0 Å². The molecular formula is C14H14N2O4. The fourth-order valence-electron chi connectivity index (χ4n) is 1.43. The van der Waals surface area contributed by atoms with Gasteiger partial charge in [0.05, 0.1) is 0 Å². The summed E-state index contributed by atoms with van der Waals surface area (Å²) in [5.41, 5.74) is 0.962. The summed E-state index contributed by atoms with van der Waals surface area (Å²) in [6.07, 6.45) is 4.92. The van der Waals surface area contributed by atoms with Gasteiger partial charge in [0.25, 0.3) is 0 Å². The third-order valence-electron chi connectivity index (χ3n) is 2.47. The molecule has 0 radical (unpaired) electrons. The number of urea groups is 1. The van der Waals surface area contributed by atoms with E-state index in [4.69, 9.17) is 11.5 Å². The molecule has 0 fully saturated rings. The van der Waals surface area contributed by atoms with E-state index in [0.717, 1.165) is 0 Å². The Morgan fingerprint density at radius 1 is 1.30 bits per heavy atom. The Morgan fingerprint density at radius 3 is 2.35 bits per heavy atom. The maximum Gasteiger partial charge on any atom is 0.327 e. The summed E-state index contributed by atoms with van der Waals surface area (Å²) in [4.78, 5) is 33.5. The number of aliphatic carboxylic acids is 1. The van der Waals surface area contributed by atoms with Crippen LogP contribution >= 0.6 is 0 Å². The second-order valence-corrected chi connectivity index (χ2v) is 4.03. The molecule has 0 saturated heterocycles. The number of nitrogens with one attached hydrogen (secondary N) is 2. The highest BCUT2D eigenvalue weighted by Gasteiger charge is 2.18. The first-order chi connectivity index (χ1) is 9.43. The van der Waals surface area contributed by atoms with Gasteiger partial charge in [-0.1, -0.05) is 0 Å². The summed E-state index contributed by atoms with van der Waals surface area (Å²) in [5.74, 6) is 0.891. The molecule has 6 nitrogen and oxygen atoms in total. The van der Waals surface area contributed by atoms with E-state index < -0.39 is 18.0 Å². The molecule has 3 N–H and O–H groups in total. The Kier molecular flexibility index (Phi) is 5.30. The number of carboxylic acids is 1. The maximum absolute atomic E-state index is 11.6. The molecule has 2 amide bonds. The van der Waals surface area contributed by atoms with Crippen molar-refractivity contribution in [3.05, 3.63) is 29.8 Å². The van der Waals surface area contributed by atoms with Gasteiger partial charge in [0, 0.05) is 17.7 Å². The summed E-state index contributed by atoms with van der Waals surface area (Å²) < 4.78 is 0. The van der Waals surface area contributed by atoms with Crippen LogP contribution < -0.4 is 10.6 Å². The SMILES string of the molecule is C#CCC(NC(=O)Nc1ccc(C(C)=O)cc1)C(=O)O. The molecule has 0 aliphatic carbocycles. The first kappa shape index (κ1) is 15.2. The number of Topliss-reactive ketones (excluding diaryl/α,β-unsaturated/α-hetero) is 1. The second kappa shape index (κ2) is 6.95. The molecule has 1 aromatic rings. The standard InChI is InChI=1S/C14H14N2O4/c1-3-4-12(13(18)19)16-14(20)15-11-7-5-10(6-8-11)9(2)17/h1,5-8,12H,4H2,2H3,(H,18,19)(H2,15,16,20). The van der Waals surface area contributed by atoms with Crippen molar-refractivity contribution in [2.45, 2.75) is 19.4 Å². The third kappa shape index (κ3) is 4.46. The number of rotatable bonds is 5. The van der Waals surface area contributed by atoms with Gasteiger partial charge in [-0.25, -0.2) is 9.59 Å². The van der Waals surface area contributed by atoms with E-state index in [1.165, 1.54) is 6.92 Å². The van der Waals surface area contributed by atoms with Crippen LogP contribution in [0.1, 0.15) is 23.7 Å². The lowest BCUT2D eigenvalue weighted by Crippen LogP contribution is -2.42. The minimum atomic E-state index is -1.20. The highest BCUT2D eigenvalue weighted by Crippen LogP contribution is 2.10. The Hall–Kier alpha value is -2.81. The zero-order valence-electron chi connectivity index (χ0n) is 10.8. The van der Waals surface area contributed by atoms with E-state index in [2.05, 4.69) is 16.6 Å². The largest absolute Gasteiger partial charge is 0.480 e. The van der Waals surface area contributed by atoms with Gasteiger partial charge in [0.1, 0.15) is 6.04 Å². The van der Waals surface area contributed by atoms with Crippen LogP contribution in [0.3, 0.4) is 0 Å². The smallest absolute Gasteiger partial charge is 0.327 e. The average molecular weight is 274 g/mol. The van der Waals surface area contributed by atoms with E-state index >= 15 is 0 Å². The zero-order valence-corrected chi connectivity index (χ0v) is 10.8. The lowest BCUT2D eigenvalue weighted by atomic mass is 10.1. The molecule has 0 aliphatic heterocycles. The molecule has 0 heterocycles. The molecule has 0 saturated carbocycles. The predicted octanol–water partition coefficient (Wildman–Crippen LogP) is 1.49. The van der Waals surface area contributed by atoms with Gasteiger partial charge in [-0.3, -0.25) is 4.79 Å². The van der Waals surface area contributed by atoms with Crippen LogP contribution in [-0.2, 0) is 4.79 Å². The van der Waals surface area contributed by atoms with Gasteiger partial charge < -0.3 is 15.7 Å². The molecule has 20 heavy (non-hydrogen) atoms. The number of terminal acetylenes is 1. The van der Waals surface area contributed by atoms with Crippen molar-refractivity contribution in [1.29, 1.82) is 0 Å². The van der Waals surface area contributed by atoms with Crippen molar-refractivity contribution in [1.82, 2.24) is 5.32 Å². The Morgan fingerprint density at radius 2 is 1.90 bits per heavy atom. The molecular weight excluding hydrogens is 260 g/mol. The highest BCUT2D eigenvalue weighted by atomic mass is 16.4. The van der Waals surface area contributed by atoms with E-state index in [1.54, 1.807) is 24.3 Å². The normalized spacial score (nSPS) is 11.0. The summed E-state index contributed by atoms with van der Waals surface area (Å²) >= 11 is 0. The van der Waals surface area contributed by atoms with Crippen molar-refractivity contribution in [3.8, 4) is 12.3 Å². The molecule has 0 aliphatic rings. The van der Waals surface area contributed by atoms with Gasteiger partial charge in [0.15, 0.2) is 5.78 Å². The van der Waals surface area contributed by atoms with Crippen LogP contribution in [0, 0.1) is 12.3 Å². The van der Waals surface area contributed by atoms with Gasteiger partial charge in [-0.05, 0) is 31.2 Å². The number of amides is 2. The van der Waals surface area contributed by atoms with Crippen molar-refractivity contribution in [2.24, 2.45) is 0 Å². The second-order valence-electron chi connectivity index (χ2n) is 4.03. The van der Waals surface area contributed by atoms with Crippen LogP contribution in [-0.4, -0.2) is 28.9 Å². The molecule has 0 aromatic heterocycles. The van der Waals surface area contributed by atoms with Crippen LogP contribution in [0.2, 0.25) is 0 Å². The lowest BCUT2D eigenvalue weighted by molar-refractivity contribution is -0.139. The molecule has 104 valence electrons. The first-order valence-electron chi connectivity index (χ1n) is 5.79. The van der Waals surface area contributed by atoms with Gasteiger partial charge in [-0.15, -0.1) is 12.3 Å². The minimum Gasteiger partial charge on any atom is -0.480 e. The number of hydrogen-bond donors (Lipinski definition) is 3. The molecule has 0 spiro atoms. The topological polar surface area (TPSA) is 95.5 Å². The number of carbonyl (C=O) groups excluding carboxylic acids is 2. The number of hydrogen-bond acceptors (Lipinski definition) is 3. The van der Waals surface area contributed by atoms with Crippen molar-refractivity contribution >= 4 is 23.5 Å². The number of ketones is 1. The van der Waals surface area contributed by atoms with Crippen LogP contribution in [0.4, 0.5) is 10.5 Å². The predicted molar refractivity (Wildman–Crippen MR) is 73.5 cm³/mol. The van der Waals surface area contributed by atoms with Crippen LogP contribution in [0.15, 0.2) is 24.3 Å². The third-order valence-corrected chi connectivity index (χ3v) is 2.47. The maximum atomic E-state index is 11.6. The summed E-state index contributed by atoms with van der Waals surface area (Å²) in [6.45, 7) is 1.44. The molecule has 1 aromatic carbocycles. The van der Waals surface area contributed by atoms with E-state index in [-0.39, 0.29) is 12.2 Å². The van der Waals surface area contributed by atoms with Crippen molar-refractivity contribution in [2.75, 3.05) is 5.32 Å². The number of anilines is 1. The fraction of sp³-hybridized carbons (Fsp3) is 0.214. The number of carboxylic acid groups (broad SMARTS) is 1. The van der Waals surface area contributed by atoms with Crippen molar-refractivity contribution < 1.29 is 19.5 Å². The summed E-state index contributed by atoms with van der Waals surface area (Å²) in [7, 11) is 0. The van der Waals surface area contributed by atoms with E-state index in [9.17, 15) is 14.4 Å². The van der Waals surface area contributed by atoms with Crippen LogP contribution in [0.5, 0.6) is 0 Å². The summed E-state index contributed by atoms with van der Waals surface area (Å²) in [5, 5.41) is 13.5. The quantitative estimate of drug-likeness (QED) is 0.560. The monoisotopic (exact) mass is 274 g/mol.